The van der Waals surface area contributed by atoms with Crippen molar-refractivity contribution in [2.45, 2.75) is 43.9 Å². The molecule has 1 N–H and O–H groups in total. The average Bonchev–Trinajstić information content (AvgIpc) is 2.79. The molecule has 0 bridgehead atoms. The summed E-state index contributed by atoms with van der Waals surface area (Å²) >= 11 is 1.41. The Bertz CT molecular complexity index is 1120. The molecule has 1 aliphatic rings. The Hall–Kier alpha value is -3.06. The number of hydrogen-bond acceptors (Lipinski definition) is 5. The predicted molar refractivity (Wildman–Crippen MR) is 126 cm³/mol. The maximum Gasteiger partial charge on any atom is 0.316 e. The van der Waals surface area contributed by atoms with Crippen molar-refractivity contribution in [3.63, 3.8) is 0 Å². The number of nitrogens with zero attached hydrogens (tertiary/aromatic N) is 3. The zero-order valence-electron chi connectivity index (χ0n) is 18.4. The van der Waals surface area contributed by atoms with E-state index in [1.165, 1.54) is 11.8 Å². The molecule has 3 aromatic rings. The van der Waals surface area contributed by atoms with Crippen molar-refractivity contribution in [3.8, 4) is 5.75 Å². The first-order valence-electron chi connectivity index (χ1n) is 10.8. The second-order valence-electron chi connectivity index (χ2n) is 8.12. The molecule has 0 spiro atoms. The number of carbonyl (C=O) groups excluding carboxylic acids is 1. The van der Waals surface area contributed by atoms with Gasteiger partial charge in [-0.15, -0.1) is 0 Å². The number of amides is 1. The smallest absolute Gasteiger partial charge is 0.316 e. The second kappa shape index (κ2) is 9.20. The monoisotopic (exact) mass is 449 g/mol. The van der Waals surface area contributed by atoms with Crippen molar-refractivity contribution >= 4 is 17.7 Å². The number of carbonyl (C=O) groups is 1. The zero-order valence-corrected chi connectivity index (χ0v) is 19.2. The molecule has 2 heterocycles. The Morgan fingerprint density at radius 2 is 1.59 bits per heavy atom. The summed E-state index contributed by atoms with van der Waals surface area (Å²) in [5.74, 6) is -0.338. The number of aromatic nitrogens is 2. The lowest BCUT2D eigenvalue weighted by Crippen LogP contribution is -2.49. The molecule has 6 nitrogen and oxygen atoms in total. The molecule has 1 amide bonds. The third-order valence-corrected chi connectivity index (χ3v) is 6.68. The Morgan fingerprint density at radius 1 is 1.03 bits per heavy atom. The number of fused-ring (bicyclic) bond motifs is 1. The van der Waals surface area contributed by atoms with Gasteiger partial charge in [0.1, 0.15) is 0 Å². The minimum Gasteiger partial charge on any atom is -0.501 e. The van der Waals surface area contributed by atoms with E-state index in [0.717, 1.165) is 11.1 Å². The maximum atomic E-state index is 13.4. The molecule has 1 atom stereocenters. The Morgan fingerprint density at radius 3 is 2.09 bits per heavy atom. The number of hydrogen-bond donors (Lipinski definition) is 1. The zero-order chi connectivity index (χ0) is 22.8. The molecule has 1 aliphatic heterocycles. The van der Waals surface area contributed by atoms with E-state index < -0.39 is 11.3 Å². The molecule has 0 aliphatic carbocycles. The first kappa shape index (κ1) is 22.1. The van der Waals surface area contributed by atoms with Crippen LogP contribution in [0.15, 0.2) is 70.6 Å². The van der Waals surface area contributed by atoms with Crippen LogP contribution < -0.4 is 5.56 Å². The van der Waals surface area contributed by atoms with Gasteiger partial charge in [0.15, 0.2) is 10.9 Å². The molecule has 0 fully saturated rings. The molecule has 0 radical (unpaired) electrons. The van der Waals surface area contributed by atoms with E-state index in [1.54, 1.807) is 9.47 Å². The van der Waals surface area contributed by atoms with Crippen molar-refractivity contribution in [1.82, 2.24) is 14.5 Å². The lowest BCUT2D eigenvalue weighted by Gasteiger charge is -2.42. The van der Waals surface area contributed by atoms with Crippen LogP contribution in [0.5, 0.6) is 5.75 Å². The van der Waals surface area contributed by atoms with Crippen molar-refractivity contribution in [3.05, 3.63) is 87.8 Å². The van der Waals surface area contributed by atoms with Gasteiger partial charge in [-0.25, -0.2) is 0 Å². The SMILES string of the molecule is CCSc1nc(=O)c(O)c2n1[C@@H](C(c1ccccc1)c1ccccc1)CN(C(C)C)C2=O. The predicted octanol–water partition coefficient (Wildman–Crippen LogP) is 4.30. The van der Waals surface area contributed by atoms with E-state index in [-0.39, 0.29) is 29.6 Å². The highest BCUT2D eigenvalue weighted by Crippen LogP contribution is 2.42. The third-order valence-electron chi connectivity index (χ3n) is 5.85. The summed E-state index contributed by atoms with van der Waals surface area (Å²) in [6.45, 7) is 6.31. The molecule has 0 unspecified atom stereocenters. The minimum absolute atomic E-state index is 0.0303. The van der Waals surface area contributed by atoms with Crippen LogP contribution in [0, 0.1) is 0 Å². The minimum atomic E-state index is -0.763. The number of aromatic hydroxyl groups is 1. The van der Waals surface area contributed by atoms with Gasteiger partial charge >= 0.3 is 5.56 Å². The van der Waals surface area contributed by atoms with Gasteiger partial charge in [0, 0.05) is 18.5 Å². The standard InChI is InChI=1S/C25H27N3O3S/c1-4-32-25-26-23(30)22(29)21-24(31)27(16(2)3)15-19(28(21)25)20(17-11-7-5-8-12-17)18-13-9-6-10-14-18/h5-14,16,19-20,29H,4,15H2,1-3H3/t19-/m1/s1. The van der Waals surface area contributed by atoms with Gasteiger partial charge in [0.25, 0.3) is 5.91 Å². The van der Waals surface area contributed by atoms with Gasteiger partial charge in [0.2, 0.25) is 5.75 Å². The molecular formula is C25H27N3O3S. The summed E-state index contributed by atoms with van der Waals surface area (Å²) in [5, 5.41) is 11.2. The molecule has 1 aromatic heterocycles. The number of thioether (sulfide) groups is 1. The van der Waals surface area contributed by atoms with Crippen LogP contribution in [-0.2, 0) is 0 Å². The highest BCUT2D eigenvalue weighted by Gasteiger charge is 2.41. The normalized spacial score (nSPS) is 16.0. The molecule has 0 saturated heterocycles. The van der Waals surface area contributed by atoms with E-state index in [2.05, 4.69) is 29.2 Å². The van der Waals surface area contributed by atoms with Crippen LogP contribution in [-0.4, -0.2) is 43.8 Å². The fourth-order valence-electron chi connectivity index (χ4n) is 4.41. The first-order valence-corrected chi connectivity index (χ1v) is 11.8. The highest BCUT2D eigenvalue weighted by molar-refractivity contribution is 7.99. The van der Waals surface area contributed by atoms with E-state index in [1.807, 2.05) is 57.2 Å². The molecule has 4 rings (SSSR count). The summed E-state index contributed by atoms with van der Waals surface area (Å²) in [6.07, 6.45) is 0. The van der Waals surface area contributed by atoms with E-state index in [9.17, 15) is 14.7 Å². The van der Waals surface area contributed by atoms with Gasteiger partial charge < -0.3 is 14.6 Å². The second-order valence-corrected chi connectivity index (χ2v) is 9.35. The molecule has 7 heteroatoms. The van der Waals surface area contributed by atoms with Crippen LogP contribution in [0.1, 0.15) is 54.3 Å². The lowest BCUT2D eigenvalue weighted by atomic mass is 9.83. The van der Waals surface area contributed by atoms with Gasteiger partial charge in [-0.3, -0.25) is 9.59 Å². The molecule has 0 saturated carbocycles. The van der Waals surface area contributed by atoms with Crippen molar-refractivity contribution in [1.29, 1.82) is 0 Å². The fourth-order valence-corrected chi connectivity index (χ4v) is 5.18. The summed E-state index contributed by atoms with van der Waals surface area (Å²) < 4.78 is 1.80. The Labute approximate surface area is 191 Å². The average molecular weight is 450 g/mol. The summed E-state index contributed by atoms with van der Waals surface area (Å²) in [5.41, 5.74) is 1.46. The summed E-state index contributed by atoms with van der Waals surface area (Å²) in [6, 6.07) is 20.0. The molecule has 166 valence electrons. The van der Waals surface area contributed by atoms with Crippen molar-refractivity contribution in [2.24, 2.45) is 0 Å². The molecule has 2 aromatic carbocycles. The van der Waals surface area contributed by atoms with E-state index in [4.69, 9.17) is 0 Å². The van der Waals surface area contributed by atoms with Crippen molar-refractivity contribution in [2.75, 3.05) is 12.3 Å². The van der Waals surface area contributed by atoms with Gasteiger partial charge in [0.05, 0.1) is 6.04 Å². The Kier molecular flexibility index (Phi) is 6.37. The van der Waals surface area contributed by atoms with Gasteiger partial charge in [-0.2, -0.15) is 4.98 Å². The largest absolute Gasteiger partial charge is 0.501 e. The van der Waals surface area contributed by atoms with Gasteiger partial charge in [-0.05, 0) is 30.7 Å². The first-order chi connectivity index (χ1) is 15.4. The third kappa shape index (κ3) is 3.93. The fraction of sp³-hybridized carbons (Fsp3) is 0.320. The molecule has 32 heavy (non-hydrogen) atoms. The Balaban J connectivity index is 2.02. The van der Waals surface area contributed by atoms with Crippen LogP contribution in [0.25, 0.3) is 0 Å². The van der Waals surface area contributed by atoms with Crippen LogP contribution >= 0.6 is 11.8 Å². The quantitative estimate of drug-likeness (QED) is 0.449. The number of benzene rings is 2. The highest BCUT2D eigenvalue weighted by atomic mass is 32.2. The number of rotatable bonds is 6. The van der Waals surface area contributed by atoms with Crippen LogP contribution in [0.3, 0.4) is 0 Å². The van der Waals surface area contributed by atoms with Crippen LogP contribution in [0.2, 0.25) is 0 Å². The van der Waals surface area contributed by atoms with Gasteiger partial charge in [-0.1, -0.05) is 79.3 Å². The summed E-state index contributed by atoms with van der Waals surface area (Å²) in [4.78, 5) is 31.7. The van der Waals surface area contributed by atoms with Crippen LogP contribution in [0.4, 0.5) is 0 Å². The lowest BCUT2D eigenvalue weighted by molar-refractivity contribution is 0.0573. The van der Waals surface area contributed by atoms with Crippen molar-refractivity contribution < 1.29 is 9.90 Å². The molecular weight excluding hydrogens is 422 g/mol. The van der Waals surface area contributed by atoms with E-state index in [0.29, 0.717) is 17.5 Å². The summed E-state index contributed by atoms with van der Waals surface area (Å²) in [7, 11) is 0. The van der Waals surface area contributed by atoms with E-state index >= 15 is 0 Å². The topological polar surface area (TPSA) is 75.4 Å². The maximum absolute atomic E-state index is 13.4.